The quantitative estimate of drug-likeness (QED) is 0.796. The first kappa shape index (κ1) is 11.1. The molecule has 0 fully saturated rings. The highest BCUT2D eigenvalue weighted by molar-refractivity contribution is 5.98. The Kier molecular flexibility index (Phi) is 2.31. The molecule has 0 aliphatic carbocycles. The molecule has 1 N–H and O–H groups in total. The number of hydrogen-bond acceptors (Lipinski definition) is 6. The van der Waals surface area contributed by atoms with Gasteiger partial charge in [0, 0.05) is 0 Å². The van der Waals surface area contributed by atoms with Crippen molar-refractivity contribution in [2.75, 3.05) is 0 Å². The van der Waals surface area contributed by atoms with Crippen molar-refractivity contribution in [3.8, 4) is 0 Å². The Labute approximate surface area is 93.8 Å². The molecule has 3 rings (SSSR count). The molecule has 86 valence electrons. The van der Waals surface area contributed by atoms with Crippen LogP contribution < -0.4 is 11.1 Å². The van der Waals surface area contributed by atoms with E-state index in [1.807, 2.05) is 0 Å². The van der Waals surface area contributed by atoms with Crippen LogP contribution in [0.4, 0.5) is 11.4 Å². The highest BCUT2D eigenvalue weighted by atomic mass is 16.3. The highest BCUT2D eigenvalue weighted by Gasteiger charge is 2.22. The van der Waals surface area contributed by atoms with Crippen molar-refractivity contribution in [3.63, 3.8) is 0 Å². The van der Waals surface area contributed by atoms with Crippen LogP contribution in [0.5, 0.6) is 0 Å². The summed E-state index contributed by atoms with van der Waals surface area (Å²) in [4.78, 5) is 46.9. The van der Waals surface area contributed by atoms with Crippen LogP contribution in [0, 0.1) is 23.7 Å². The smallest absolute Gasteiger partial charge is 0.260 e. The van der Waals surface area contributed by atoms with Crippen molar-refractivity contribution >= 4 is 22.1 Å². The van der Waals surface area contributed by atoms with E-state index in [2.05, 4.69) is 15.3 Å². The van der Waals surface area contributed by atoms with Crippen molar-refractivity contribution in [3.05, 3.63) is 41.6 Å². The molecule has 2 bridgehead atoms. The predicted octanol–water partition coefficient (Wildman–Crippen LogP) is 1.74. The second kappa shape index (κ2) is 3.55. The van der Waals surface area contributed by atoms with Gasteiger partial charge < -0.3 is 0 Å². The first-order valence-electron chi connectivity index (χ1n) is 4.72. The minimum atomic E-state index is -0.741. The molecule has 0 atom stereocenters. The zero-order valence-corrected chi connectivity index (χ0v) is 9.03. The summed E-state index contributed by atoms with van der Waals surface area (Å²) in [6.45, 7) is 3.16. The Morgan fingerprint density at radius 3 is 1.47 bits per heavy atom. The van der Waals surface area contributed by atoms with E-state index in [0.717, 1.165) is 0 Å². The molecule has 0 spiro atoms. The Bertz CT molecular complexity index is 685. The van der Waals surface area contributed by atoms with Gasteiger partial charge in [-0.25, -0.2) is 0 Å². The molecule has 3 aromatic rings. The second-order valence-electron chi connectivity index (χ2n) is 3.66. The SMILES string of the molecule is Cc1c(C)c2c(N=O)c(N=O)c1c(=O)[nH]c2=O. The summed E-state index contributed by atoms with van der Waals surface area (Å²) in [5.41, 5.74) is -1.33. The normalized spacial score (nSPS) is 10.7. The summed E-state index contributed by atoms with van der Waals surface area (Å²) in [5.74, 6) is 0. The number of rotatable bonds is 2. The standard InChI is InChI=1S/C10H7N3O4/c1-3-4(2)6-8(13-17)7(12-16)5(3)9(14)11-10(6)15/h1-2H3,(H,11,14,15). The van der Waals surface area contributed by atoms with Crippen molar-refractivity contribution in [2.24, 2.45) is 10.4 Å². The van der Waals surface area contributed by atoms with E-state index in [1.165, 1.54) is 0 Å². The van der Waals surface area contributed by atoms with E-state index >= 15 is 0 Å². The monoisotopic (exact) mass is 233 g/mol. The van der Waals surface area contributed by atoms with Gasteiger partial charge >= 0.3 is 0 Å². The third-order valence-corrected chi connectivity index (χ3v) is 2.87. The van der Waals surface area contributed by atoms with Gasteiger partial charge in [-0.2, -0.15) is 0 Å². The Morgan fingerprint density at radius 1 is 0.824 bits per heavy atom. The predicted molar refractivity (Wildman–Crippen MR) is 62.4 cm³/mol. The molecule has 2 aromatic heterocycles. The molecule has 7 heteroatoms. The Morgan fingerprint density at radius 2 is 1.18 bits per heavy atom. The maximum atomic E-state index is 11.7. The summed E-state index contributed by atoms with van der Waals surface area (Å²) in [6.07, 6.45) is 0. The number of hydrogen-bond donors (Lipinski definition) is 1. The molecule has 0 saturated heterocycles. The third-order valence-electron chi connectivity index (χ3n) is 2.87. The topological polar surface area (TPSA) is 109 Å². The van der Waals surface area contributed by atoms with E-state index in [4.69, 9.17) is 0 Å². The molecule has 0 radical (unpaired) electrons. The molecule has 0 amide bonds. The van der Waals surface area contributed by atoms with Crippen LogP contribution in [0.2, 0.25) is 0 Å². The molecule has 0 aliphatic rings. The summed E-state index contributed by atoms with van der Waals surface area (Å²) < 4.78 is 0. The number of aryl methyl sites for hydroxylation is 2. The lowest BCUT2D eigenvalue weighted by Gasteiger charge is -2.04. The van der Waals surface area contributed by atoms with Crippen LogP contribution in [-0.4, -0.2) is 4.98 Å². The number of H-pyrrole nitrogens is 1. The maximum Gasteiger partial charge on any atom is 0.260 e. The molecular weight excluding hydrogens is 226 g/mol. The molecule has 7 nitrogen and oxygen atoms in total. The zero-order chi connectivity index (χ0) is 12.7. The first-order valence-corrected chi connectivity index (χ1v) is 4.72. The maximum absolute atomic E-state index is 11.7. The third kappa shape index (κ3) is 1.28. The molecule has 1 aromatic carbocycles. The van der Waals surface area contributed by atoms with Gasteiger partial charge in [-0.15, -0.1) is 9.81 Å². The van der Waals surface area contributed by atoms with Crippen molar-refractivity contribution in [1.82, 2.24) is 4.98 Å². The Hall–Kier alpha value is -2.44. The summed E-state index contributed by atoms with van der Waals surface area (Å²) in [6, 6.07) is 0. The summed E-state index contributed by atoms with van der Waals surface area (Å²) in [7, 11) is 0. The van der Waals surface area contributed by atoms with E-state index < -0.39 is 11.1 Å². The fourth-order valence-corrected chi connectivity index (χ4v) is 1.93. The molecule has 0 unspecified atom stereocenters. The van der Waals surface area contributed by atoms with Gasteiger partial charge in [-0.3, -0.25) is 14.6 Å². The van der Waals surface area contributed by atoms with Crippen LogP contribution >= 0.6 is 0 Å². The van der Waals surface area contributed by atoms with Gasteiger partial charge in [0.1, 0.15) is 0 Å². The van der Waals surface area contributed by atoms with Crippen LogP contribution in [-0.2, 0) is 0 Å². The lowest BCUT2D eigenvalue weighted by molar-refractivity contribution is 1.24. The van der Waals surface area contributed by atoms with E-state index in [0.29, 0.717) is 11.1 Å². The van der Waals surface area contributed by atoms with Crippen LogP contribution in [0.25, 0.3) is 10.8 Å². The average Bonchev–Trinajstić information content (AvgIpc) is 2.44. The molecule has 0 saturated carbocycles. The number of nitrogens with zero attached hydrogens (tertiary/aromatic N) is 2. The van der Waals surface area contributed by atoms with Crippen LogP contribution in [0.3, 0.4) is 0 Å². The molecule has 0 aliphatic heterocycles. The van der Waals surface area contributed by atoms with Gasteiger partial charge in [-0.05, 0) is 35.3 Å². The van der Waals surface area contributed by atoms with Crippen molar-refractivity contribution in [2.45, 2.75) is 13.8 Å². The minimum absolute atomic E-state index is 0.0679. The zero-order valence-electron chi connectivity index (χ0n) is 9.03. The van der Waals surface area contributed by atoms with E-state index in [9.17, 15) is 19.4 Å². The molecular formula is C10H7N3O4. The summed E-state index contributed by atoms with van der Waals surface area (Å²) in [5, 5.41) is 5.15. The van der Waals surface area contributed by atoms with Crippen molar-refractivity contribution < 1.29 is 0 Å². The number of benzene rings is 1. The molecule has 2 heterocycles. The number of fused-ring (bicyclic) bond motifs is 4. The highest BCUT2D eigenvalue weighted by Crippen LogP contribution is 2.38. The van der Waals surface area contributed by atoms with Crippen molar-refractivity contribution in [1.29, 1.82) is 0 Å². The van der Waals surface area contributed by atoms with Gasteiger partial charge in [0.25, 0.3) is 11.1 Å². The fraction of sp³-hybridized carbons (Fsp3) is 0.200. The largest absolute Gasteiger partial charge is 0.288 e. The first-order chi connectivity index (χ1) is 8.02. The number of nitroso groups, excluding NO2 is 2. The van der Waals surface area contributed by atoms with Gasteiger partial charge in [0.05, 0.1) is 10.8 Å². The van der Waals surface area contributed by atoms with E-state index in [1.54, 1.807) is 13.8 Å². The van der Waals surface area contributed by atoms with Crippen LogP contribution in [0.15, 0.2) is 19.9 Å². The number of aromatic nitrogens is 1. The van der Waals surface area contributed by atoms with Gasteiger partial charge in [0.15, 0.2) is 11.4 Å². The summed E-state index contributed by atoms with van der Waals surface area (Å²) >= 11 is 0. The Balaban J connectivity index is 3.40. The van der Waals surface area contributed by atoms with Crippen LogP contribution in [0.1, 0.15) is 11.1 Å². The second-order valence-corrected chi connectivity index (χ2v) is 3.66. The average molecular weight is 233 g/mol. The molecule has 17 heavy (non-hydrogen) atoms. The number of aromatic amines is 1. The van der Waals surface area contributed by atoms with Gasteiger partial charge in [-0.1, -0.05) is 0 Å². The lowest BCUT2D eigenvalue weighted by atomic mass is 10.0. The minimum Gasteiger partial charge on any atom is -0.288 e. The fourth-order valence-electron chi connectivity index (χ4n) is 1.93. The number of nitrogens with one attached hydrogen (secondary N) is 1. The van der Waals surface area contributed by atoms with Gasteiger partial charge in [0.2, 0.25) is 0 Å². The lowest BCUT2D eigenvalue weighted by Crippen LogP contribution is -2.12. The van der Waals surface area contributed by atoms with E-state index in [-0.39, 0.29) is 22.1 Å².